The Hall–Kier alpha value is -1.10. The van der Waals surface area contributed by atoms with Gasteiger partial charge < -0.3 is 10.1 Å². The number of rotatable bonds is 9. The van der Waals surface area contributed by atoms with E-state index in [-0.39, 0.29) is 11.9 Å². The lowest BCUT2D eigenvalue weighted by Crippen LogP contribution is -2.36. The average molecular weight is 258 g/mol. The van der Waals surface area contributed by atoms with E-state index < -0.39 is 0 Å². The van der Waals surface area contributed by atoms with Crippen LogP contribution in [0.4, 0.5) is 0 Å². The van der Waals surface area contributed by atoms with Gasteiger partial charge in [0.05, 0.1) is 13.7 Å². The quantitative estimate of drug-likeness (QED) is 0.628. The fraction of sp³-hybridized carbons (Fsp3) is 0.846. The second-order valence-corrected chi connectivity index (χ2v) is 4.95. The summed E-state index contributed by atoms with van der Waals surface area (Å²) < 4.78 is 4.55. The van der Waals surface area contributed by atoms with Gasteiger partial charge in [0, 0.05) is 13.0 Å². The van der Waals surface area contributed by atoms with Gasteiger partial charge in [-0.15, -0.1) is 0 Å². The lowest BCUT2D eigenvalue weighted by Gasteiger charge is -2.16. The first-order valence-electron chi connectivity index (χ1n) is 6.47. The molecule has 0 rings (SSSR count). The number of carbonyl (C=O) groups is 2. The van der Waals surface area contributed by atoms with Crippen LogP contribution in [-0.2, 0) is 14.3 Å². The minimum Gasteiger partial charge on any atom is -0.469 e. The van der Waals surface area contributed by atoms with Gasteiger partial charge >= 0.3 is 5.97 Å². The number of nitrogens with one attached hydrogen (secondary N) is 1. The highest BCUT2D eigenvalue weighted by Crippen LogP contribution is 1.97. The summed E-state index contributed by atoms with van der Waals surface area (Å²) in [4.78, 5) is 24.4. The molecule has 0 aliphatic heterocycles. The van der Waals surface area contributed by atoms with E-state index in [1.807, 2.05) is 11.9 Å². The summed E-state index contributed by atoms with van der Waals surface area (Å²) in [5, 5.41) is 2.88. The van der Waals surface area contributed by atoms with Crippen molar-refractivity contribution in [2.45, 2.75) is 33.1 Å². The molecule has 18 heavy (non-hydrogen) atoms. The molecule has 0 spiro atoms. The predicted molar refractivity (Wildman–Crippen MR) is 71.2 cm³/mol. The minimum absolute atomic E-state index is 0.0382. The van der Waals surface area contributed by atoms with Gasteiger partial charge in [-0.2, -0.15) is 0 Å². The van der Waals surface area contributed by atoms with Crippen LogP contribution in [0.5, 0.6) is 0 Å². The molecule has 0 aliphatic rings. The average Bonchev–Trinajstić information content (AvgIpc) is 2.28. The van der Waals surface area contributed by atoms with E-state index >= 15 is 0 Å². The SMILES string of the molecule is COC(=O)CCCN(C)CC(=O)NCCC(C)C. The highest BCUT2D eigenvalue weighted by Gasteiger charge is 2.07. The Morgan fingerprint density at radius 2 is 2.00 bits per heavy atom. The molecule has 0 heterocycles. The van der Waals surface area contributed by atoms with Crippen LogP contribution in [0, 0.1) is 5.92 Å². The van der Waals surface area contributed by atoms with Gasteiger partial charge in [0.25, 0.3) is 0 Å². The zero-order chi connectivity index (χ0) is 14.0. The van der Waals surface area contributed by atoms with Crippen molar-refractivity contribution in [3.63, 3.8) is 0 Å². The van der Waals surface area contributed by atoms with E-state index in [9.17, 15) is 9.59 Å². The van der Waals surface area contributed by atoms with Crippen LogP contribution in [0.1, 0.15) is 33.1 Å². The number of amides is 1. The molecule has 1 amide bonds. The Kier molecular flexibility index (Phi) is 9.28. The fourth-order valence-corrected chi connectivity index (χ4v) is 1.48. The number of likely N-dealkylation sites (N-methyl/N-ethyl adjacent to an activating group) is 1. The first-order valence-corrected chi connectivity index (χ1v) is 6.47. The Bertz CT molecular complexity index is 255. The second-order valence-electron chi connectivity index (χ2n) is 4.95. The molecule has 0 aromatic carbocycles. The molecule has 0 bridgehead atoms. The van der Waals surface area contributed by atoms with Crippen molar-refractivity contribution in [1.82, 2.24) is 10.2 Å². The molecule has 0 aliphatic carbocycles. The maximum atomic E-state index is 11.5. The lowest BCUT2D eigenvalue weighted by atomic mass is 10.1. The van der Waals surface area contributed by atoms with Gasteiger partial charge in [-0.25, -0.2) is 0 Å². The Morgan fingerprint density at radius 1 is 1.33 bits per heavy atom. The summed E-state index contributed by atoms with van der Waals surface area (Å²) in [6.07, 6.45) is 2.11. The van der Waals surface area contributed by atoms with Crippen LogP contribution in [0.2, 0.25) is 0 Å². The van der Waals surface area contributed by atoms with E-state index in [1.54, 1.807) is 0 Å². The van der Waals surface area contributed by atoms with Gasteiger partial charge in [-0.1, -0.05) is 13.8 Å². The van der Waals surface area contributed by atoms with Gasteiger partial charge in [-0.05, 0) is 32.4 Å². The first kappa shape index (κ1) is 16.9. The van der Waals surface area contributed by atoms with Crippen LogP contribution < -0.4 is 5.32 Å². The van der Waals surface area contributed by atoms with Crippen LogP contribution in [-0.4, -0.2) is 50.6 Å². The van der Waals surface area contributed by atoms with Gasteiger partial charge in [0.15, 0.2) is 0 Å². The normalized spacial score (nSPS) is 10.8. The third-order valence-corrected chi connectivity index (χ3v) is 2.61. The molecular formula is C13H26N2O3. The molecule has 0 unspecified atom stereocenters. The molecule has 0 atom stereocenters. The van der Waals surface area contributed by atoms with Crippen LogP contribution in [0.3, 0.4) is 0 Å². The second kappa shape index (κ2) is 9.88. The summed E-state index contributed by atoms with van der Waals surface area (Å²) in [6.45, 7) is 6.08. The minimum atomic E-state index is -0.204. The number of nitrogens with zero attached hydrogens (tertiary/aromatic N) is 1. The van der Waals surface area contributed by atoms with Crippen LogP contribution >= 0.6 is 0 Å². The van der Waals surface area contributed by atoms with Crippen molar-refractivity contribution in [3.05, 3.63) is 0 Å². The fourth-order valence-electron chi connectivity index (χ4n) is 1.48. The number of carbonyl (C=O) groups excluding carboxylic acids is 2. The molecule has 0 fully saturated rings. The van der Waals surface area contributed by atoms with Crippen molar-refractivity contribution in [2.24, 2.45) is 5.92 Å². The van der Waals surface area contributed by atoms with Crippen molar-refractivity contribution in [1.29, 1.82) is 0 Å². The predicted octanol–water partition coefficient (Wildman–Crippen LogP) is 1.03. The zero-order valence-corrected chi connectivity index (χ0v) is 12.0. The molecule has 5 heteroatoms. The van der Waals surface area contributed by atoms with E-state index in [2.05, 4.69) is 23.9 Å². The first-order chi connectivity index (χ1) is 8.45. The monoisotopic (exact) mass is 258 g/mol. The van der Waals surface area contributed by atoms with Crippen molar-refractivity contribution in [2.75, 3.05) is 33.8 Å². The van der Waals surface area contributed by atoms with Crippen LogP contribution in [0.25, 0.3) is 0 Å². The van der Waals surface area contributed by atoms with Gasteiger partial charge in [-0.3, -0.25) is 14.5 Å². The molecular weight excluding hydrogens is 232 g/mol. The summed E-state index contributed by atoms with van der Waals surface area (Å²) in [5.74, 6) is 0.434. The molecule has 0 saturated carbocycles. The Morgan fingerprint density at radius 3 is 2.56 bits per heavy atom. The van der Waals surface area contributed by atoms with Crippen molar-refractivity contribution >= 4 is 11.9 Å². The maximum Gasteiger partial charge on any atom is 0.305 e. The third kappa shape index (κ3) is 10.1. The number of hydrogen-bond donors (Lipinski definition) is 1. The molecule has 0 saturated heterocycles. The third-order valence-electron chi connectivity index (χ3n) is 2.61. The number of esters is 1. The number of ether oxygens (including phenoxy) is 1. The largest absolute Gasteiger partial charge is 0.469 e. The maximum absolute atomic E-state index is 11.5. The van der Waals surface area contributed by atoms with E-state index in [1.165, 1.54) is 7.11 Å². The Balaban J connectivity index is 3.58. The zero-order valence-electron chi connectivity index (χ0n) is 12.0. The standard InChI is InChI=1S/C13H26N2O3/c1-11(2)7-8-14-12(16)10-15(3)9-5-6-13(17)18-4/h11H,5-10H2,1-4H3,(H,14,16). The molecule has 106 valence electrons. The molecule has 0 aromatic heterocycles. The van der Waals surface area contributed by atoms with Gasteiger partial charge in [0.1, 0.15) is 0 Å². The highest BCUT2D eigenvalue weighted by molar-refractivity contribution is 5.77. The lowest BCUT2D eigenvalue weighted by molar-refractivity contribution is -0.140. The summed E-state index contributed by atoms with van der Waals surface area (Å²) in [5.41, 5.74) is 0. The van der Waals surface area contributed by atoms with Crippen molar-refractivity contribution < 1.29 is 14.3 Å². The Labute approximate surface area is 110 Å². The van der Waals surface area contributed by atoms with Crippen molar-refractivity contribution in [3.8, 4) is 0 Å². The summed E-state index contributed by atoms with van der Waals surface area (Å²) >= 11 is 0. The highest BCUT2D eigenvalue weighted by atomic mass is 16.5. The summed E-state index contributed by atoms with van der Waals surface area (Å²) in [7, 11) is 3.26. The van der Waals surface area contributed by atoms with E-state index in [0.717, 1.165) is 13.0 Å². The topological polar surface area (TPSA) is 58.6 Å². The van der Waals surface area contributed by atoms with E-state index in [0.29, 0.717) is 31.8 Å². The van der Waals surface area contributed by atoms with E-state index in [4.69, 9.17) is 0 Å². The molecule has 0 aromatic rings. The number of methoxy groups -OCH3 is 1. The molecule has 0 radical (unpaired) electrons. The number of hydrogen-bond acceptors (Lipinski definition) is 4. The summed E-state index contributed by atoms with van der Waals surface area (Å²) in [6, 6.07) is 0. The molecule has 1 N–H and O–H groups in total. The van der Waals surface area contributed by atoms with Gasteiger partial charge in [0.2, 0.25) is 5.91 Å². The molecule has 5 nitrogen and oxygen atoms in total. The smallest absolute Gasteiger partial charge is 0.305 e. The van der Waals surface area contributed by atoms with Crippen LogP contribution in [0.15, 0.2) is 0 Å².